The fourth-order valence-electron chi connectivity index (χ4n) is 3.78. The van der Waals surface area contributed by atoms with E-state index < -0.39 is 5.91 Å². The van der Waals surface area contributed by atoms with Gasteiger partial charge in [-0.2, -0.15) is 10.2 Å². The molecule has 8 heteroatoms. The Hall–Kier alpha value is -4.13. The molecule has 0 saturated heterocycles. The smallest absolute Gasteiger partial charge is 0.289 e. The zero-order chi connectivity index (χ0) is 24.9. The monoisotopic (exact) mass is 514 g/mol. The minimum atomic E-state index is -0.441. The number of halogens is 2. The van der Waals surface area contributed by atoms with E-state index in [0.29, 0.717) is 33.7 Å². The number of aromatic amines is 1. The molecule has 1 aromatic heterocycles. The van der Waals surface area contributed by atoms with Gasteiger partial charge in [-0.3, -0.25) is 9.89 Å². The predicted octanol–water partition coefficient (Wildman–Crippen LogP) is 6.88. The quantitative estimate of drug-likeness (QED) is 0.183. The van der Waals surface area contributed by atoms with Gasteiger partial charge in [0.2, 0.25) is 0 Å². The maximum Gasteiger partial charge on any atom is 0.289 e. The van der Waals surface area contributed by atoms with E-state index in [4.69, 9.17) is 27.9 Å². The number of carbonyl (C=O) groups is 1. The molecule has 0 spiro atoms. The number of rotatable bonds is 7. The van der Waals surface area contributed by atoms with Crippen molar-refractivity contribution in [1.82, 2.24) is 15.6 Å². The van der Waals surface area contributed by atoms with Crippen molar-refractivity contribution in [2.75, 3.05) is 0 Å². The van der Waals surface area contributed by atoms with Crippen molar-refractivity contribution >= 4 is 46.1 Å². The molecule has 5 aromatic rings. The van der Waals surface area contributed by atoms with Crippen molar-refractivity contribution in [3.63, 3.8) is 0 Å². The van der Waals surface area contributed by atoms with Crippen LogP contribution in [-0.4, -0.2) is 22.3 Å². The Labute approximate surface area is 217 Å². The lowest BCUT2D eigenvalue weighted by Crippen LogP contribution is -2.18. The first-order valence-electron chi connectivity index (χ1n) is 11.1. The van der Waals surface area contributed by atoms with Gasteiger partial charge < -0.3 is 4.74 Å². The Morgan fingerprint density at radius 3 is 2.67 bits per heavy atom. The second-order valence-corrected chi connectivity index (χ2v) is 8.80. The molecule has 0 aliphatic heterocycles. The van der Waals surface area contributed by atoms with Gasteiger partial charge in [0.05, 0.1) is 16.9 Å². The van der Waals surface area contributed by atoms with E-state index in [-0.39, 0.29) is 5.69 Å². The Kier molecular flexibility index (Phi) is 6.98. The Bertz CT molecular complexity index is 1570. The number of hydrogen-bond acceptors (Lipinski definition) is 4. The molecule has 0 fully saturated rings. The SMILES string of the molecule is O=C(N/N=C\c1ccc(Cl)cc1Cl)c1cc(-c2ccccc2OCc2cccc3ccccc23)n[nH]1. The number of nitrogens with one attached hydrogen (secondary N) is 2. The van der Waals surface area contributed by atoms with E-state index in [1.54, 1.807) is 24.3 Å². The Morgan fingerprint density at radius 2 is 1.78 bits per heavy atom. The van der Waals surface area contributed by atoms with Crippen LogP contribution in [0.1, 0.15) is 21.6 Å². The summed E-state index contributed by atoms with van der Waals surface area (Å²) in [5.41, 5.74) is 5.79. The second-order valence-electron chi connectivity index (χ2n) is 7.95. The summed E-state index contributed by atoms with van der Waals surface area (Å²) in [4.78, 5) is 12.6. The third kappa shape index (κ3) is 5.25. The summed E-state index contributed by atoms with van der Waals surface area (Å²) < 4.78 is 6.19. The molecular formula is C28H20Cl2N4O2. The molecule has 1 heterocycles. The number of carbonyl (C=O) groups excluding carboxylic acids is 1. The van der Waals surface area contributed by atoms with Crippen LogP contribution < -0.4 is 10.2 Å². The lowest BCUT2D eigenvalue weighted by Gasteiger charge is -2.12. The molecule has 5 rings (SSSR count). The molecule has 0 radical (unpaired) electrons. The number of H-pyrrole nitrogens is 1. The van der Waals surface area contributed by atoms with Crippen LogP contribution in [0.2, 0.25) is 10.0 Å². The van der Waals surface area contributed by atoms with Gasteiger partial charge >= 0.3 is 0 Å². The molecule has 6 nitrogen and oxygen atoms in total. The number of aromatic nitrogens is 2. The summed E-state index contributed by atoms with van der Waals surface area (Å²) in [5, 5.41) is 14.3. The summed E-state index contributed by atoms with van der Waals surface area (Å²) in [7, 11) is 0. The van der Waals surface area contributed by atoms with E-state index >= 15 is 0 Å². The first kappa shape index (κ1) is 23.6. The number of amides is 1. The standard InChI is InChI=1S/C28H20Cl2N4O2/c29-21-13-12-19(24(30)14-21)16-31-34-28(35)26-15-25(32-33-26)23-10-3-4-11-27(23)36-17-20-8-5-7-18-6-1-2-9-22(18)20/h1-16H,17H2,(H,32,33)(H,34,35)/b31-16-. The number of benzene rings is 4. The molecule has 0 aliphatic carbocycles. The topological polar surface area (TPSA) is 79.4 Å². The van der Waals surface area contributed by atoms with Crippen LogP contribution >= 0.6 is 23.2 Å². The largest absolute Gasteiger partial charge is 0.488 e. The average molecular weight is 515 g/mol. The van der Waals surface area contributed by atoms with Gasteiger partial charge in [0.1, 0.15) is 18.1 Å². The normalized spacial score (nSPS) is 11.2. The van der Waals surface area contributed by atoms with Gasteiger partial charge in [-0.1, -0.05) is 83.9 Å². The molecular weight excluding hydrogens is 495 g/mol. The van der Waals surface area contributed by atoms with Crippen molar-refractivity contribution in [3.8, 4) is 17.0 Å². The van der Waals surface area contributed by atoms with Crippen molar-refractivity contribution in [2.45, 2.75) is 6.61 Å². The lowest BCUT2D eigenvalue weighted by atomic mass is 10.1. The highest BCUT2D eigenvalue weighted by Gasteiger charge is 2.14. The zero-order valence-corrected chi connectivity index (χ0v) is 20.4. The molecule has 0 unspecified atom stereocenters. The molecule has 178 valence electrons. The van der Waals surface area contributed by atoms with Crippen LogP contribution in [0.3, 0.4) is 0 Å². The highest BCUT2D eigenvalue weighted by atomic mass is 35.5. The van der Waals surface area contributed by atoms with Crippen LogP contribution in [0.15, 0.2) is 96.1 Å². The van der Waals surface area contributed by atoms with E-state index in [0.717, 1.165) is 21.9 Å². The Morgan fingerprint density at radius 1 is 0.972 bits per heavy atom. The number of hydrogen-bond donors (Lipinski definition) is 2. The highest BCUT2D eigenvalue weighted by molar-refractivity contribution is 6.36. The summed E-state index contributed by atoms with van der Waals surface area (Å²) in [6, 6.07) is 28.6. The molecule has 36 heavy (non-hydrogen) atoms. The molecule has 4 aromatic carbocycles. The second kappa shape index (κ2) is 10.6. The van der Waals surface area contributed by atoms with E-state index in [9.17, 15) is 4.79 Å². The van der Waals surface area contributed by atoms with Crippen LogP contribution in [0.25, 0.3) is 22.0 Å². The first-order valence-corrected chi connectivity index (χ1v) is 11.9. The zero-order valence-electron chi connectivity index (χ0n) is 18.9. The van der Waals surface area contributed by atoms with Crippen LogP contribution in [0, 0.1) is 0 Å². The van der Waals surface area contributed by atoms with Gasteiger partial charge in [0, 0.05) is 16.1 Å². The van der Waals surface area contributed by atoms with E-state index in [1.165, 1.54) is 6.21 Å². The van der Waals surface area contributed by atoms with Crippen LogP contribution in [0.5, 0.6) is 5.75 Å². The summed E-state index contributed by atoms with van der Waals surface area (Å²) >= 11 is 12.0. The Balaban J connectivity index is 1.29. The van der Waals surface area contributed by atoms with Gasteiger partial charge in [0.25, 0.3) is 5.91 Å². The summed E-state index contributed by atoms with van der Waals surface area (Å²) in [5.74, 6) is 0.225. The fraction of sp³-hybridized carbons (Fsp3) is 0.0357. The first-order chi connectivity index (χ1) is 17.6. The summed E-state index contributed by atoms with van der Waals surface area (Å²) in [6.45, 7) is 0.401. The number of nitrogens with zero attached hydrogens (tertiary/aromatic N) is 2. The van der Waals surface area contributed by atoms with Crippen molar-refractivity contribution in [2.24, 2.45) is 5.10 Å². The van der Waals surface area contributed by atoms with Crippen molar-refractivity contribution in [3.05, 3.63) is 118 Å². The number of para-hydroxylation sites is 1. The molecule has 0 atom stereocenters. The minimum absolute atomic E-state index is 0.258. The maximum atomic E-state index is 12.6. The predicted molar refractivity (Wildman–Crippen MR) is 144 cm³/mol. The van der Waals surface area contributed by atoms with Gasteiger partial charge in [-0.05, 0) is 46.7 Å². The van der Waals surface area contributed by atoms with E-state index in [2.05, 4.69) is 45.0 Å². The number of hydrazone groups is 1. The fourth-order valence-corrected chi connectivity index (χ4v) is 4.24. The number of ether oxygens (including phenoxy) is 1. The van der Waals surface area contributed by atoms with Crippen LogP contribution in [-0.2, 0) is 6.61 Å². The molecule has 0 bridgehead atoms. The number of fused-ring (bicyclic) bond motifs is 1. The van der Waals surface area contributed by atoms with Gasteiger partial charge in [-0.15, -0.1) is 0 Å². The van der Waals surface area contributed by atoms with E-state index in [1.807, 2.05) is 42.5 Å². The highest BCUT2D eigenvalue weighted by Crippen LogP contribution is 2.30. The third-order valence-electron chi connectivity index (χ3n) is 5.58. The van der Waals surface area contributed by atoms with Crippen LogP contribution in [0.4, 0.5) is 0 Å². The third-order valence-corrected chi connectivity index (χ3v) is 6.14. The molecule has 2 N–H and O–H groups in total. The average Bonchev–Trinajstić information content (AvgIpc) is 3.39. The van der Waals surface area contributed by atoms with Gasteiger partial charge in [-0.25, -0.2) is 5.43 Å². The molecule has 1 amide bonds. The minimum Gasteiger partial charge on any atom is -0.488 e. The van der Waals surface area contributed by atoms with Crippen molar-refractivity contribution < 1.29 is 9.53 Å². The molecule has 0 aliphatic rings. The van der Waals surface area contributed by atoms with Crippen molar-refractivity contribution in [1.29, 1.82) is 0 Å². The van der Waals surface area contributed by atoms with Gasteiger partial charge in [0.15, 0.2) is 0 Å². The molecule has 0 saturated carbocycles. The lowest BCUT2D eigenvalue weighted by molar-refractivity contribution is 0.0950. The maximum absolute atomic E-state index is 12.6. The summed E-state index contributed by atoms with van der Waals surface area (Å²) in [6.07, 6.45) is 1.45.